The molecule has 0 amide bonds. The summed E-state index contributed by atoms with van der Waals surface area (Å²) < 4.78 is 5.85. The number of esters is 1. The van der Waals surface area contributed by atoms with Gasteiger partial charge in [0.1, 0.15) is 6.10 Å². The van der Waals surface area contributed by atoms with Crippen LogP contribution in [-0.4, -0.2) is 78.9 Å². The summed E-state index contributed by atoms with van der Waals surface area (Å²) in [4.78, 5) is 18.0. The van der Waals surface area contributed by atoms with E-state index in [0.717, 1.165) is 64.8 Å². The fourth-order valence-electron chi connectivity index (χ4n) is 5.86. The Morgan fingerprint density at radius 3 is 2.27 bits per heavy atom. The highest BCUT2D eigenvalue weighted by molar-refractivity contribution is 5.76. The number of carbonyl (C=O) groups is 1. The number of likely N-dealkylation sites (N-methyl/N-ethyl adjacent to an activating group) is 1. The molecular formula is C23H39N5O2. The minimum Gasteiger partial charge on any atom is -0.461 e. The van der Waals surface area contributed by atoms with Crippen LogP contribution in [0.15, 0.2) is 0 Å². The lowest BCUT2D eigenvalue weighted by atomic mass is 9.83. The van der Waals surface area contributed by atoms with Gasteiger partial charge in [0.25, 0.3) is 0 Å². The number of nitrogens with one attached hydrogen (secondary N) is 2. The molecule has 0 bridgehead atoms. The Bertz CT molecular complexity index is 609. The second-order valence-corrected chi connectivity index (χ2v) is 9.58. The van der Waals surface area contributed by atoms with Crippen molar-refractivity contribution in [1.29, 1.82) is 5.26 Å². The average Bonchev–Trinajstić information content (AvgIpc) is 2.80. The van der Waals surface area contributed by atoms with Gasteiger partial charge in [0.2, 0.25) is 0 Å². The van der Waals surface area contributed by atoms with Crippen molar-refractivity contribution < 1.29 is 9.53 Å². The standard InChI is InChI=1S/C23H39N5O2/c1-2-27-12-14-28(15-13-27)22-21(25-19-10-6-7-11-20(19)26-22)18(16-24)23(29)30-17-8-4-3-5-9-17/h17-22,25-26H,2-15H2,1H3. The maximum absolute atomic E-state index is 13.1. The van der Waals surface area contributed by atoms with Gasteiger partial charge >= 0.3 is 5.97 Å². The summed E-state index contributed by atoms with van der Waals surface area (Å²) in [7, 11) is 0. The first-order chi connectivity index (χ1) is 14.7. The molecule has 0 aromatic rings. The lowest BCUT2D eigenvalue weighted by molar-refractivity contribution is -0.156. The van der Waals surface area contributed by atoms with Gasteiger partial charge in [-0.1, -0.05) is 26.2 Å². The van der Waals surface area contributed by atoms with Crippen molar-refractivity contribution >= 4 is 5.97 Å². The molecule has 2 heterocycles. The van der Waals surface area contributed by atoms with E-state index in [9.17, 15) is 10.1 Å². The van der Waals surface area contributed by atoms with Crippen molar-refractivity contribution in [3.8, 4) is 6.07 Å². The first-order valence-corrected chi connectivity index (χ1v) is 12.3. The maximum atomic E-state index is 13.1. The van der Waals surface area contributed by atoms with Gasteiger partial charge < -0.3 is 15.0 Å². The molecule has 2 saturated carbocycles. The number of nitriles is 1. The van der Waals surface area contributed by atoms with Gasteiger partial charge in [-0.2, -0.15) is 5.26 Å². The zero-order valence-corrected chi connectivity index (χ0v) is 18.5. The van der Waals surface area contributed by atoms with E-state index in [1.54, 1.807) is 0 Å². The third-order valence-corrected chi connectivity index (χ3v) is 7.73. The van der Waals surface area contributed by atoms with E-state index in [0.29, 0.717) is 12.1 Å². The summed E-state index contributed by atoms with van der Waals surface area (Å²) in [5.41, 5.74) is 0. The van der Waals surface area contributed by atoms with Crippen LogP contribution in [0, 0.1) is 17.2 Å². The molecule has 0 aromatic carbocycles. The van der Waals surface area contributed by atoms with Crippen LogP contribution >= 0.6 is 0 Å². The molecule has 7 nitrogen and oxygen atoms in total. The quantitative estimate of drug-likeness (QED) is 0.661. The van der Waals surface area contributed by atoms with E-state index in [2.05, 4.69) is 33.4 Å². The number of piperazine rings is 2. The number of nitrogens with zero attached hydrogens (tertiary/aromatic N) is 3. The average molecular weight is 418 g/mol. The lowest BCUT2D eigenvalue weighted by Crippen LogP contribution is -2.74. The maximum Gasteiger partial charge on any atom is 0.325 e. The molecule has 4 fully saturated rings. The van der Waals surface area contributed by atoms with Crippen LogP contribution in [0.1, 0.15) is 64.7 Å². The van der Waals surface area contributed by atoms with Crippen molar-refractivity contribution in [1.82, 2.24) is 20.4 Å². The molecule has 4 aliphatic rings. The first-order valence-electron chi connectivity index (χ1n) is 12.3. The number of fused-ring (bicyclic) bond motifs is 1. The molecule has 7 heteroatoms. The van der Waals surface area contributed by atoms with Gasteiger partial charge in [-0.15, -0.1) is 0 Å². The van der Waals surface area contributed by atoms with E-state index in [1.165, 1.54) is 25.7 Å². The Hall–Kier alpha value is -1.20. The van der Waals surface area contributed by atoms with Gasteiger partial charge in [-0.05, 0) is 45.1 Å². The summed E-state index contributed by atoms with van der Waals surface area (Å²) in [5.74, 6) is -1.09. The predicted octanol–water partition coefficient (Wildman–Crippen LogP) is 1.84. The van der Waals surface area contributed by atoms with Gasteiger partial charge in [0, 0.05) is 38.3 Å². The molecule has 4 rings (SSSR count). The van der Waals surface area contributed by atoms with Crippen molar-refractivity contribution in [2.24, 2.45) is 5.92 Å². The summed E-state index contributed by atoms with van der Waals surface area (Å²) in [5, 5.41) is 17.6. The Morgan fingerprint density at radius 2 is 1.63 bits per heavy atom. The van der Waals surface area contributed by atoms with Crippen LogP contribution in [0.3, 0.4) is 0 Å². The van der Waals surface area contributed by atoms with E-state index >= 15 is 0 Å². The van der Waals surface area contributed by atoms with Crippen LogP contribution in [0.25, 0.3) is 0 Å². The van der Waals surface area contributed by atoms with Crippen LogP contribution in [0.2, 0.25) is 0 Å². The second kappa shape index (κ2) is 10.4. The number of rotatable bonds is 5. The molecule has 2 N–H and O–H groups in total. The molecule has 2 aliphatic carbocycles. The summed E-state index contributed by atoms with van der Waals surface area (Å²) in [6.07, 6.45) is 10.1. The minimum atomic E-state index is -0.767. The molecule has 2 aliphatic heterocycles. The van der Waals surface area contributed by atoms with Crippen LogP contribution in [0.4, 0.5) is 0 Å². The molecule has 0 radical (unpaired) electrons. The Kier molecular flexibility index (Phi) is 7.64. The fraction of sp³-hybridized carbons (Fsp3) is 0.913. The normalized spacial score (nSPS) is 35.2. The third-order valence-electron chi connectivity index (χ3n) is 7.73. The Balaban J connectivity index is 1.48. The van der Waals surface area contributed by atoms with Gasteiger partial charge in [0.15, 0.2) is 5.92 Å². The molecule has 0 aromatic heterocycles. The van der Waals surface area contributed by atoms with Crippen LogP contribution in [0.5, 0.6) is 0 Å². The molecule has 0 spiro atoms. The zero-order valence-electron chi connectivity index (χ0n) is 18.5. The predicted molar refractivity (Wildman–Crippen MR) is 116 cm³/mol. The topological polar surface area (TPSA) is 80.6 Å². The van der Waals surface area contributed by atoms with Crippen LogP contribution < -0.4 is 10.6 Å². The van der Waals surface area contributed by atoms with Crippen molar-refractivity contribution in [3.05, 3.63) is 0 Å². The molecular weight excluding hydrogens is 378 g/mol. The fourth-order valence-corrected chi connectivity index (χ4v) is 5.86. The molecule has 30 heavy (non-hydrogen) atoms. The molecule has 168 valence electrons. The molecule has 5 unspecified atom stereocenters. The number of hydrogen-bond acceptors (Lipinski definition) is 7. The van der Waals surface area contributed by atoms with Crippen LogP contribution in [-0.2, 0) is 9.53 Å². The summed E-state index contributed by atoms with van der Waals surface area (Å²) >= 11 is 0. The lowest BCUT2D eigenvalue weighted by Gasteiger charge is -2.51. The Labute approximate surface area is 181 Å². The van der Waals surface area contributed by atoms with Crippen molar-refractivity contribution in [3.63, 3.8) is 0 Å². The highest BCUT2D eigenvalue weighted by atomic mass is 16.5. The monoisotopic (exact) mass is 417 g/mol. The molecule has 5 atom stereocenters. The van der Waals surface area contributed by atoms with E-state index in [4.69, 9.17) is 4.74 Å². The van der Waals surface area contributed by atoms with Gasteiger partial charge in [-0.25, -0.2) is 0 Å². The number of carbonyl (C=O) groups excluding carboxylic acids is 1. The third kappa shape index (κ3) is 4.99. The van der Waals surface area contributed by atoms with E-state index < -0.39 is 5.92 Å². The van der Waals surface area contributed by atoms with Gasteiger partial charge in [0.05, 0.1) is 18.3 Å². The Morgan fingerprint density at radius 1 is 1.00 bits per heavy atom. The van der Waals surface area contributed by atoms with E-state index in [1.807, 2.05) is 0 Å². The summed E-state index contributed by atoms with van der Waals surface area (Å²) in [6, 6.07) is 2.88. The smallest absolute Gasteiger partial charge is 0.325 e. The SMILES string of the molecule is CCN1CCN(C2NC3CCCCC3NC2C(C#N)C(=O)OC2CCCCC2)CC1. The minimum absolute atomic E-state index is 0.00640. The molecule has 2 saturated heterocycles. The second-order valence-electron chi connectivity index (χ2n) is 9.58. The number of ether oxygens (including phenoxy) is 1. The van der Waals surface area contributed by atoms with E-state index in [-0.39, 0.29) is 24.3 Å². The summed E-state index contributed by atoms with van der Waals surface area (Å²) in [6.45, 7) is 7.30. The first kappa shape index (κ1) is 22.0. The highest BCUT2D eigenvalue weighted by Gasteiger charge is 2.46. The highest BCUT2D eigenvalue weighted by Crippen LogP contribution is 2.29. The zero-order chi connectivity index (χ0) is 20.9. The van der Waals surface area contributed by atoms with Gasteiger partial charge in [-0.3, -0.25) is 15.0 Å². The largest absolute Gasteiger partial charge is 0.461 e. The number of hydrogen-bond donors (Lipinski definition) is 2. The van der Waals surface area contributed by atoms with Crippen molar-refractivity contribution in [2.75, 3.05) is 32.7 Å². The van der Waals surface area contributed by atoms with Crippen molar-refractivity contribution in [2.45, 2.75) is 95.1 Å².